The first kappa shape index (κ1) is 11.7. The van der Waals surface area contributed by atoms with E-state index in [9.17, 15) is 4.79 Å². The van der Waals surface area contributed by atoms with Crippen LogP contribution in [0.25, 0.3) is 0 Å². The van der Waals surface area contributed by atoms with E-state index in [-0.39, 0.29) is 18.6 Å². The van der Waals surface area contributed by atoms with Crippen molar-refractivity contribution in [1.82, 2.24) is 0 Å². The lowest BCUT2D eigenvalue weighted by Gasteiger charge is -2.11. The molecule has 1 rings (SSSR count). The normalized spacial score (nSPS) is 12.2. The van der Waals surface area contributed by atoms with Crippen LogP contribution in [0.15, 0.2) is 24.3 Å². The molecule has 1 aromatic carbocycles. The third kappa shape index (κ3) is 3.69. The monoisotopic (exact) mass is 208 g/mol. The number of carbonyl (C=O) groups excluding carboxylic acids is 1. The predicted molar refractivity (Wildman–Crippen MR) is 59.4 cm³/mol. The smallest absolute Gasteiger partial charge is 0.221 e. The summed E-state index contributed by atoms with van der Waals surface area (Å²) in [5, 5.41) is 11.4. The van der Waals surface area contributed by atoms with Gasteiger partial charge in [-0.2, -0.15) is 0 Å². The highest BCUT2D eigenvalue weighted by molar-refractivity contribution is 5.88. The van der Waals surface area contributed by atoms with Gasteiger partial charge in [-0.1, -0.05) is 12.1 Å². The minimum Gasteiger partial charge on any atom is -0.396 e. The van der Waals surface area contributed by atoms with Gasteiger partial charge in [0, 0.05) is 25.3 Å². The molecule has 4 heteroatoms. The zero-order chi connectivity index (χ0) is 11.3. The van der Waals surface area contributed by atoms with Crippen LogP contribution in [0.2, 0.25) is 0 Å². The Hall–Kier alpha value is -1.39. The second-order valence-corrected chi connectivity index (χ2v) is 3.43. The van der Waals surface area contributed by atoms with Gasteiger partial charge in [0.05, 0.1) is 0 Å². The highest BCUT2D eigenvalue weighted by Gasteiger charge is 2.05. The van der Waals surface area contributed by atoms with Crippen molar-refractivity contribution in [1.29, 1.82) is 0 Å². The Bertz CT molecular complexity index is 339. The standard InChI is InChI=1S/C11H16N2O2/c1-8(15)13-10-4-2-3-9(7-10)11(12)5-6-14/h2-4,7,11,14H,5-6,12H2,1H3,(H,13,15). The molecule has 1 aromatic rings. The van der Waals surface area contributed by atoms with Crippen LogP contribution in [-0.2, 0) is 4.79 Å². The van der Waals surface area contributed by atoms with Crippen LogP contribution in [0.3, 0.4) is 0 Å². The second kappa shape index (κ2) is 5.48. The molecule has 4 nitrogen and oxygen atoms in total. The van der Waals surface area contributed by atoms with Gasteiger partial charge in [-0.15, -0.1) is 0 Å². The number of aliphatic hydroxyl groups excluding tert-OH is 1. The number of benzene rings is 1. The molecule has 0 aliphatic rings. The molecule has 0 saturated carbocycles. The maximum absolute atomic E-state index is 10.8. The molecule has 4 N–H and O–H groups in total. The molecule has 0 radical (unpaired) electrons. The molecule has 82 valence electrons. The number of hydrogen-bond donors (Lipinski definition) is 3. The Balaban J connectivity index is 2.77. The summed E-state index contributed by atoms with van der Waals surface area (Å²) in [4.78, 5) is 10.8. The summed E-state index contributed by atoms with van der Waals surface area (Å²) in [5.41, 5.74) is 7.47. The summed E-state index contributed by atoms with van der Waals surface area (Å²) in [6.07, 6.45) is 0.517. The van der Waals surface area contributed by atoms with Gasteiger partial charge < -0.3 is 16.2 Å². The fourth-order valence-electron chi connectivity index (χ4n) is 1.36. The Morgan fingerprint density at radius 2 is 2.33 bits per heavy atom. The van der Waals surface area contributed by atoms with Gasteiger partial charge in [-0.05, 0) is 24.1 Å². The number of aliphatic hydroxyl groups is 1. The van der Waals surface area contributed by atoms with E-state index in [1.807, 2.05) is 18.2 Å². The third-order valence-electron chi connectivity index (χ3n) is 2.08. The first-order valence-corrected chi connectivity index (χ1v) is 4.87. The minimum absolute atomic E-state index is 0.0610. The number of rotatable bonds is 4. The van der Waals surface area contributed by atoms with Gasteiger partial charge in [0.1, 0.15) is 0 Å². The van der Waals surface area contributed by atoms with Crippen LogP contribution in [-0.4, -0.2) is 17.6 Å². The van der Waals surface area contributed by atoms with Crippen molar-refractivity contribution in [3.63, 3.8) is 0 Å². The van der Waals surface area contributed by atoms with Crippen LogP contribution >= 0.6 is 0 Å². The molecule has 0 aromatic heterocycles. The second-order valence-electron chi connectivity index (χ2n) is 3.43. The van der Waals surface area contributed by atoms with Crippen molar-refractivity contribution in [2.75, 3.05) is 11.9 Å². The molecule has 0 aliphatic heterocycles. The highest BCUT2D eigenvalue weighted by atomic mass is 16.3. The van der Waals surface area contributed by atoms with Gasteiger partial charge in [0.25, 0.3) is 0 Å². The van der Waals surface area contributed by atoms with Crippen LogP contribution in [0, 0.1) is 0 Å². The SMILES string of the molecule is CC(=O)Nc1cccc(C(N)CCO)c1. The summed E-state index contributed by atoms with van der Waals surface area (Å²) in [5.74, 6) is -0.108. The van der Waals surface area contributed by atoms with Gasteiger partial charge >= 0.3 is 0 Å². The van der Waals surface area contributed by atoms with Crippen LogP contribution in [0.5, 0.6) is 0 Å². The fraction of sp³-hybridized carbons (Fsp3) is 0.364. The number of hydrogen-bond acceptors (Lipinski definition) is 3. The Morgan fingerprint density at radius 1 is 1.60 bits per heavy atom. The summed E-state index contributed by atoms with van der Waals surface area (Å²) >= 11 is 0. The first-order chi connectivity index (χ1) is 7.13. The molecule has 1 unspecified atom stereocenters. The van der Waals surface area contributed by atoms with Crippen LogP contribution in [0.4, 0.5) is 5.69 Å². The summed E-state index contributed by atoms with van der Waals surface area (Å²) in [6, 6.07) is 7.14. The largest absolute Gasteiger partial charge is 0.396 e. The molecule has 0 aliphatic carbocycles. The lowest BCUT2D eigenvalue weighted by atomic mass is 10.0. The number of amides is 1. The van der Waals surface area contributed by atoms with E-state index in [1.165, 1.54) is 6.92 Å². The van der Waals surface area contributed by atoms with Crippen molar-refractivity contribution in [3.8, 4) is 0 Å². The zero-order valence-corrected chi connectivity index (χ0v) is 8.73. The van der Waals surface area contributed by atoms with E-state index in [0.29, 0.717) is 6.42 Å². The maximum Gasteiger partial charge on any atom is 0.221 e. The van der Waals surface area contributed by atoms with Gasteiger partial charge in [-0.25, -0.2) is 0 Å². The summed E-state index contributed by atoms with van der Waals surface area (Å²) in [6.45, 7) is 1.52. The van der Waals surface area contributed by atoms with Crippen molar-refractivity contribution in [3.05, 3.63) is 29.8 Å². The number of carbonyl (C=O) groups is 1. The summed E-state index contributed by atoms with van der Waals surface area (Å²) in [7, 11) is 0. The molecule has 15 heavy (non-hydrogen) atoms. The summed E-state index contributed by atoms with van der Waals surface area (Å²) < 4.78 is 0. The van der Waals surface area contributed by atoms with Crippen LogP contribution < -0.4 is 11.1 Å². The lowest BCUT2D eigenvalue weighted by Crippen LogP contribution is -2.13. The van der Waals surface area contributed by atoms with E-state index in [2.05, 4.69) is 5.32 Å². The quantitative estimate of drug-likeness (QED) is 0.691. The fourth-order valence-corrected chi connectivity index (χ4v) is 1.36. The highest BCUT2D eigenvalue weighted by Crippen LogP contribution is 2.17. The minimum atomic E-state index is -0.191. The van der Waals surface area contributed by atoms with E-state index < -0.39 is 0 Å². The Kier molecular flexibility index (Phi) is 4.27. The number of nitrogens with one attached hydrogen (secondary N) is 1. The molecule has 0 bridgehead atoms. The van der Waals surface area contributed by atoms with E-state index in [4.69, 9.17) is 10.8 Å². The van der Waals surface area contributed by atoms with Crippen LogP contribution in [0.1, 0.15) is 24.9 Å². The number of nitrogens with two attached hydrogens (primary N) is 1. The zero-order valence-electron chi connectivity index (χ0n) is 8.73. The molecule has 0 fully saturated rings. The topological polar surface area (TPSA) is 75.4 Å². The molecule has 0 saturated heterocycles. The average molecular weight is 208 g/mol. The number of anilines is 1. The van der Waals surface area contributed by atoms with E-state index in [1.54, 1.807) is 6.07 Å². The Labute approximate surface area is 89.1 Å². The lowest BCUT2D eigenvalue weighted by molar-refractivity contribution is -0.114. The van der Waals surface area contributed by atoms with Crippen molar-refractivity contribution in [2.24, 2.45) is 5.73 Å². The molecule has 1 atom stereocenters. The Morgan fingerprint density at radius 3 is 2.93 bits per heavy atom. The predicted octanol–water partition coefficient (Wildman–Crippen LogP) is 1.03. The van der Waals surface area contributed by atoms with Gasteiger partial charge in [0.2, 0.25) is 5.91 Å². The third-order valence-corrected chi connectivity index (χ3v) is 2.08. The molecule has 0 heterocycles. The van der Waals surface area contributed by atoms with Crippen molar-refractivity contribution in [2.45, 2.75) is 19.4 Å². The maximum atomic E-state index is 10.8. The van der Waals surface area contributed by atoms with Crippen molar-refractivity contribution >= 4 is 11.6 Å². The van der Waals surface area contributed by atoms with Gasteiger partial charge in [-0.3, -0.25) is 4.79 Å². The molecular formula is C11H16N2O2. The van der Waals surface area contributed by atoms with E-state index in [0.717, 1.165) is 11.3 Å². The van der Waals surface area contributed by atoms with E-state index >= 15 is 0 Å². The van der Waals surface area contributed by atoms with Crippen molar-refractivity contribution < 1.29 is 9.90 Å². The average Bonchev–Trinajstić information content (AvgIpc) is 2.17. The first-order valence-electron chi connectivity index (χ1n) is 4.87. The van der Waals surface area contributed by atoms with Gasteiger partial charge in [0.15, 0.2) is 0 Å². The molecule has 0 spiro atoms. The molecule has 1 amide bonds. The molecular weight excluding hydrogens is 192 g/mol.